The second-order valence-corrected chi connectivity index (χ2v) is 34.8. The number of hydrogen-bond acceptors (Lipinski definition) is 24. The molecule has 3 aromatic carbocycles. The van der Waals surface area contributed by atoms with Crippen LogP contribution in [0.5, 0.6) is 0 Å². The number of amides is 2. The summed E-state index contributed by atoms with van der Waals surface area (Å²) in [6, 6.07) is 22.8. The summed E-state index contributed by atoms with van der Waals surface area (Å²) in [5.74, 6) is 4.32. The van der Waals surface area contributed by atoms with Crippen LogP contribution in [0.2, 0.25) is 5.02 Å². The monoisotopic (exact) mass is 1570 g/mol. The van der Waals surface area contributed by atoms with E-state index in [9.17, 15) is 35.4 Å². The fourth-order valence-electron chi connectivity index (χ4n) is 17.2. The Morgan fingerprint density at radius 2 is 1.10 bits per heavy atom. The number of rotatable bonds is 19. The van der Waals surface area contributed by atoms with E-state index in [2.05, 4.69) is 150 Å². The Morgan fingerprint density at radius 3 is 1.73 bits per heavy atom. The largest absolute Gasteiger partial charge is 0.390 e. The molecule has 4 saturated carbocycles. The second-order valence-electron chi connectivity index (χ2n) is 34.4. The minimum Gasteiger partial charge on any atom is -0.390 e. The van der Waals surface area contributed by atoms with Crippen molar-refractivity contribution in [3.05, 3.63) is 138 Å². The van der Waals surface area contributed by atoms with Crippen LogP contribution < -0.4 is 27.8 Å². The summed E-state index contributed by atoms with van der Waals surface area (Å²) in [6.07, 6.45) is 10.3. The Labute approximate surface area is 660 Å². The number of halogens is 1. The van der Waals surface area contributed by atoms with Crippen molar-refractivity contribution >= 4 is 96.1 Å². The number of H-pyrrole nitrogens is 2. The smallest absolute Gasteiger partial charge is 0.319 e. The molecule has 8 aromatic heterocycles. The van der Waals surface area contributed by atoms with E-state index in [1.54, 1.807) is 21.4 Å². The van der Waals surface area contributed by atoms with E-state index >= 15 is 0 Å². The lowest BCUT2D eigenvalue weighted by molar-refractivity contribution is -0.0509. The lowest BCUT2D eigenvalue weighted by Gasteiger charge is -2.42. The van der Waals surface area contributed by atoms with Gasteiger partial charge in [-0.3, -0.25) is 4.57 Å². The van der Waals surface area contributed by atoms with Gasteiger partial charge in [0.1, 0.15) is 102 Å². The number of fused-ring (bicyclic) bond motifs is 5. The molecule has 16 N–H and O–H groups in total. The third-order valence-electron chi connectivity index (χ3n) is 24.5. The highest BCUT2D eigenvalue weighted by Crippen LogP contribution is 2.43. The van der Waals surface area contributed by atoms with Crippen LogP contribution in [0.4, 0.5) is 27.9 Å². The molecule has 602 valence electrons. The number of aromatic amines is 2. The Kier molecular flexibility index (Phi) is 22.4. The molecule has 0 bridgehead atoms. The third kappa shape index (κ3) is 16.5. The van der Waals surface area contributed by atoms with Crippen molar-refractivity contribution in [2.24, 2.45) is 17.8 Å². The van der Waals surface area contributed by atoms with Gasteiger partial charge in [0, 0.05) is 85.7 Å². The van der Waals surface area contributed by atoms with Crippen LogP contribution in [0.1, 0.15) is 140 Å². The van der Waals surface area contributed by atoms with E-state index in [1.165, 1.54) is 36.4 Å². The van der Waals surface area contributed by atoms with E-state index in [-0.39, 0.29) is 46.7 Å². The van der Waals surface area contributed by atoms with Gasteiger partial charge in [-0.15, -0.1) is 0 Å². The van der Waals surface area contributed by atoms with Crippen molar-refractivity contribution in [3.63, 3.8) is 0 Å². The van der Waals surface area contributed by atoms with Gasteiger partial charge in [-0.1, -0.05) is 71.3 Å². The van der Waals surface area contributed by atoms with Crippen LogP contribution in [-0.2, 0) is 33.1 Å². The van der Waals surface area contributed by atoms with Gasteiger partial charge in [0.2, 0.25) is 0 Å². The maximum Gasteiger partial charge on any atom is 0.319 e. The molecule has 113 heavy (non-hydrogen) atoms. The number of aliphatic hydroxyl groups is 6. The SMILES string of the molecule is CN(CC1O[C@@H](n2ccc3c(N)ncnc32)[C@H](O)[C@@H]1O)C1CC(Cc2nc3ccc(C(C)(C)C)cc3[nH]2)C1.CN(C[C@H]1O[C@@H](n2cnc3c(N)ncnc32)[C@H](O)[C@@H]1O)C1CC(NC(=O)Nc2ccc(C(C)(C)C)cc2)C1.Cc1cc2[nH]c(CCC3CC(N(C)CC4C[C@@H](n5ccc6c(N)ncnc65)[C@H](O)[C@@H]4O)C3)nc2cc1Cl. The molecule has 2 unspecified atom stereocenters. The van der Waals surface area contributed by atoms with Crippen LogP contribution in [0.3, 0.4) is 0 Å². The Hall–Kier alpha value is -9.09. The van der Waals surface area contributed by atoms with Gasteiger partial charge >= 0.3 is 6.03 Å². The molecule has 31 nitrogen and oxygen atoms in total. The Bertz CT molecular complexity index is 5140. The highest BCUT2D eigenvalue weighted by molar-refractivity contribution is 6.32. The number of hydrogen-bond donors (Lipinski definition) is 13. The first-order valence-electron chi connectivity index (χ1n) is 39.3. The molecule has 6 aliphatic rings. The number of nitrogen functional groups attached to an aromatic ring is 3. The molecule has 0 radical (unpaired) electrons. The summed E-state index contributed by atoms with van der Waals surface area (Å²) < 4.78 is 17.4. The number of benzene rings is 3. The molecule has 10 heterocycles. The van der Waals surface area contributed by atoms with E-state index in [4.69, 9.17) is 48.2 Å². The number of aromatic nitrogens is 14. The van der Waals surface area contributed by atoms with Crippen LogP contribution in [0.25, 0.3) is 55.3 Å². The summed E-state index contributed by atoms with van der Waals surface area (Å²) in [6.45, 7) is 16.8. The number of aryl methyl sites for hydroxylation is 2. The molecule has 12 atom stereocenters. The van der Waals surface area contributed by atoms with Crippen molar-refractivity contribution < 1.29 is 44.9 Å². The van der Waals surface area contributed by atoms with E-state index in [0.717, 1.165) is 120 Å². The van der Waals surface area contributed by atoms with Crippen molar-refractivity contribution in [1.29, 1.82) is 0 Å². The first kappa shape index (κ1) is 79.2. The zero-order valence-electron chi connectivity index (χ0n) is 65.6. The average Bonchev–Trinajstić information content (AvgIpc) is 1.62. The number of carbonyl (C=O) groups excluding carboxylic acids is 1. The van der Waals surface area contributed by atoms with Crippen LogP contribution in [-0.4, -0.2) is 234 Å². The van der Waals surface area contributed by atoms with Gasteiger partial charge in [0.15, 0.2) is 23.9 Å². The lowest BCUT2D eigenvalue weighted by atomic mass is 9.76. The summed E-state index contributed by atoms with van der Waals surface area (Å²) >= 11 is 6.24. The van der Waals surface area contributed by atoms with Crippen molar-refractivity contribution in [2.45, 2.75) is 215 Å². The lowest BCUT2D eigenvalue weighted by Crippen LogP contribution is -2.55. The summed E-state index contributed by atoms with van der Waals surface area (Å²) in [7, 11) is 6.15. The topological polar surface area (TPSA) is 431 Å². The molecular weight excluding hydrogens is 1460 g/mol. The maximum absolute atomic E-state index is 12.5. The fraction of sp³-hybridized carbons (Fsp3) is 0.531. The molecule has 32 heteroatoms. The predicted octanol–water partition coefficient (Wildman–Crippen LogP) is 7.85. The van der Waals surface area contributed by atoms with E-state index < -0.39 is 61.3 Å². The highest BCUT2D eigenvalue weighted by atomic mass is 35.5. The standard InChI is InChI=1S/C28H37N7O3.C27H34ClN7O2.C26H36N8O4/c1-28(2,3)16-5-6-19-20(12-16)33-22(32-19)11-15-9-17(10-15)34(4)13-21-23(36)24(37)27(38-21)35-8-7-18-25(29)30-14-31-26(18)35;1-14-7-20-21(11-19(14)28)33-23(32-20)4-3-15-8-17(9-15)34(2)12-16-10-22(25(37)24(16)36)35-6-5-18-26(29)30-13-31-27(18)35;1-26(2,3)14-5-7-15(8-6-14)31-25(37)32-16-9-17(10-16)33(4)11-18-20(35)21(36)24(38-18)34-13-30-19-22(27)28-12-29-23(19)34/h5-8,12,14-15,17,21,23-24,27,36-37H,9-11,13H2,1-4H3,(H,32,33)(H2,29,30,31);5-7,11,13,15-17,22,24-25,36-37H,3-4,8-10,12H2,1-2H3,(H,32,33)(H2,29,30,31);5-8,12-13,16-18,20-21,24,35-36H,9-11H2,1-4H3,(H2,27,28,29)(H2,31,32,37)/t15?,17?,21?,23-,24-,27-;15?,16?,17?,22-,24-,25+;16?,17?,18-,20-,21-,24-/m111/s1. The van der Waals surface area contributed by atoms with Crippen LogP contribution in [0, 0.1) is 24.7 Å². The first-order valence-corrected chi connectivity index (χ1v) is 39.6. The first-order chi connectivity index (χ1) is 53.9. The van der Waals surface area contributed by atoms with Gasteiger partial charge in [-0.25, -0.2) is 49.7 Å². The van der Waals surface area contributed by atoms with Gasteiger partial charge in [0.25, 0.3) is 0 Å². The number of anilines is 4. The van der Waals surface area contributed by atoms with Crippen molar-refractivity contribution in [2.75, 3.05) is 63.3 Å². The number of ether oxygens (including phenoxy) is 2. The number of nitrogens with one attached hydrogen (secondary N) is 4. The van der Waals surface area contributed by atoms with E-state index in [0.29, 0.717) is 82.9 Å². The van der Waals surface area contributed by atoms with Crippen molar-refractivity contribution in [3.8, 4) is 0 Å². The van der Waals surface area contributed by atoms with Gasteiger partial charge in [-0.2, -0.15) is 0 Å². The zero-order valence-corrected chi connectivity index (χ0v) is 66.4. The average molecular weight is 1570 g/mol. The second kappa shape index (κ2) is 31.9. The van der Waals surface area contributed by atoms with Gasteiger partial charge in [0.05, 0.1) is 51.3 Å². The minimum atomic E-state index is -1.15. The number of likely N-dealkylation sites (N-methyl/N-ethyl adjacent to an activating group) is 2. The summed E-state index contributed by atoms with van der Waals surface area (Å²) in [5.41, 5.74) is 28.5. The molecule has 2 amide bonds. The number of aliphatic hydroxyl groups excluding tert-OH is 6. The summed E-state index contributed by atoms with van der Waals surface area (Å²) in [5, 5.41) is 72.8. The number of carbonyl (C=O) groups is 1. The molecule has 4 aliphatic carbocycles. The summed E-state index contributed by atoms with van der Waals surface area (Å²) in [4.78, 5) is 64.7. The van der Waals surface area contributed by atoms with Crippen LogP contribution >= 0.6 is 11.6 Å². The molecule has 2 aliphatic heterocycles. The predicted molar refractivity (Wildman–Crippen MR) is 432 cm³/mol. The number of imidazole rings is 3. The van der Waals surface area contributed by atoms with Gasteiger partial charge < -0.3 is 102 Å². The Balaban J connectivity index is 0.000000134. The molecule has 6 fully saturated rings. The van der Waals surface area contributed by atoms with Crippen molar-refractivity contribution in [1.82, 2.24) is 88.5 Å². The quantitative estimate of drug-likeness (QED) is 0.0366. The minimum absolute atomic E-state index is 0.00786. The number of urea groups is 1. The van der Waals surface area contributed by atoms with Gasteiger partial charge in [-0.05, 0) is 167 Å². The normalized spacial score (nSPS) is 27.8. The fourth-order valence-corrected chi connectivity index (χ4v) is 17.4. The van der Waals surface area contributed by atoms with E-state index in [1.807, 2.05) is 61.1 Å². The van der Waals surface area contributed by atoms with Crippen LogP contribution in [0.15, 0.2) is 104 Å². The molecule has 11 aromatic rings. The molecule has 0 spiro atoms. The highest BCUT2D eigenvalue weighted by Gasteiger charge is 2.49. The number of nitrogens with zero attached hydrogens (tertiary/aromatic N) is 15. The maximum atomic E-state index is 12.5. The third-order valence-corrected chi connectivity index (χ3v) is 24.9. The molecule has 2 saturated heterocycles. The Morgan fingerprint density at radius 1 is 0.566 bits per heavy atom. The zero-order chi connectivity index (χ0) is 79.8. The number of nitrogens with two attached hydrogens (primary N) is 3. The molecule has 17 rings (SSSR count). The molecular formula is C81H107ClN22O9.